The molecule has 1 N–H and O–H groups in total. The Kier molecular flexibility index (Phi) is 7.77. The van der Waals surface area contributed by atoms with E-state index in [0.717, 1.165) is 6.92 Å². The number of rotatable bonds is 7. The molecule has 1 heterocycles. The number of hydrogen-bond acceptors (Lipinski definition) is 8. The van der Waals surface area contributed by atoms with Crippen molar-refractivity contribution in [2.45, 2.75) is 78.5 Å². The lowest BCUT2D eigenvalue weighted by molar-refractivity contribution is -0.301. The molecule has 0 spiro atoms. The molecule has 1 aliphatic rings. The molecule has 0 amide bonds. The standard InChI is InChI=1S/C18H28O9/c1-7-14(24-11(4)19)9(2)16-10(3)15(25-12(5)20)8-18(27-16,17(22)23)26-13(6)21/h9-10,14-16H,7-8H2,1-6H3,(H,22,23)/t9-,10-,14-,15-,16?,18+/m1/s1. The van der Waals surface area contributed by atoms with Crippen LogP contribution in [-0.4, -0.2) is 53.1 Å². The van der Waals surface area contributed by atoms with Crippen LogP contribution in [0.5, 0.6) is 0 Å². The van der Waals surface area contributed by atoms with Crippen molar-refractivity contribution in [2.75, 3.05) is 0 Å². The van der Waals surface area contributed by atoms with Gasteiger partial charge in [-0.15, -0.1) is 0 Å². The van der Waals surface area contributed by atoms with E-state index in [1.54, 1.807) is 13.8 Å². The minimum absolute atomic E-state index is 0.337. The maximum Gasteiger partial charge on any atom is 0.377 e. The molecule has 0 aromatic heterocycles. The third kappa shape index (κ3) is 5.66. The van der Waals surface area contributed by atoms with E-state index in [1.807, 2.05) is 6.92 Å². The summed E-state index contributed by atoms with van der Waals surface area (Å²) < 4.78 is 21.4. The molecule has 0 bridgehead atoms. The van der Waals surface area contributed by atoms with E-state index in [1.165, 1.54) is 13.8 Å². The first kappa shape index (κ1) is 22.9. The highest BCUT2D eigenvalue weighted by Crippen LogP contribution is 2.40. The summed E-state index contributed by atoms with van der Waals surface area (Å²) in [5.74, 6) is -6.55. The number of carbonyl (C=O) groups is 4. The maximum atomic E-state index is 11.9. The number of aliphatic carboxylic acids is 1. The Balaban J connectivity index is 3.29. The number of carboxylic acids is 1. The van der Waals surface area contributed by atoms with Crippen molar-refractivity contribution in [3.63, 3.8) is 0 Å². The molecule has 9 nitrogen and oxygen atoms in total. The van der Waals surface area contributed by atoms with Gasteiger partial charge in [0.2, 0.25) is 0 Å². The summed E-state index contributed by atoms with van der Waals surface area (Å²) in [4.78, 5) is 46.3. The van der Waals surface area contributed by atoms with Crippen LogP contribution in [0.3, 0.4) is 0 Å². The second kappa shape index (κ2) is 9.16. The van der Waals surface area contributed by atoms with E-state index < -0.39 is 59.8 Å². The van der Waals surface area contributed by atoms with Crippen molar-refractivity contribution < 1.29 is 43.2 Å². The van der Waals surface area contributed by atoms with Gasteiger partial charge in [-0.1, -0.05) is 20.8 Å². The predicted molar refractivity (Wildman–Crippen MR) is 91.3 cm³/mol. The fraction of sp³-hybridized carbons (Fsp3) is 0.778. The summed E-state index contributed by atoms with van der Waals surface area (Å²) in [5, 5.41) is 9.69. The molecule has 0 aromatic carbocycles. The van der Waals surface area contributed by atoms with Crippen LogP contribution in [-0.2, 0) is 38.1 Å². The van der Waals surface area contributed by atoms with Crippen LogP contribution in [0, 0.1) is 11.8 Å². The van der Waals surface area contributed by atoms with E-state index in [-0.39, 0.29) is 6.42 Å². The molecule has 1 unspecified atom stereocenters. The summed E-state index contributed by atoms with van der Waals surface area (Å²) in [5.41, 5.74) is 0. The molecular formula is C18H28O9. The van der Waals surface area contributed by atoms with E-state index in [0.29, 0.717) is 6.42 Å². The zero-order valence-corrected chi connectivity index (χ0v) is 16.5. The van der Waals surface area contributed by atoms with Gasteiger partial charge in [-0.25, -0.2) is 4.79 Å². The lowest BCUT2D eigenvalue weighted by Crippen LogP contribution is -2.60. The zero-order valence-electron chi connectivity index (χ0n) is 16.5. The van der Waals surface area contributed by atoms with Crippen LogP contribution in [0.4, 0.5) is 0 Å². The summed E-state index contributed by atoms with van der Waals surface area (Å²) in [7, 11) is 0. The van der Waals surface area contributed by atoms with Crippen molar-refractivity contribution in [3.05, 3.63) is 0 Å². The minimum Gasteiger partial charge on any atom is -0.476 e. The number of carboxylic acid groups (broad SMARTS) is 1. The predicted octanol–water partition coefficient (Wildman–Crippen LogP) is 1.66. The van der Waals surface area contributed by atoms with Crippen molar-refractivity contribution in [2.24, 2.45) is 11.8 Å². The van der Waals surface area contributed by atoms with Gasteiger partial charge in [-0.3, -0.25) is 14.4 Å². The van der Waals surface area contributed by atoms with E-state index >= 15 is 0 Å². The first-order valence-electron chi connectivity index (χ1n) is 8.88. The number of carbonyl (C=O) groups excluding carboxylic acids is 3. The summed E-state index contributed by atoms with van der Waals surface area (Å²) in [6, 6.07) is 0. The largest absolute Gasteiger partial charge is 0.476 e. The van der Waals surface area contributed by atoms with Crippen LogP contribution < -0.4 is 0 Å². The second-order valence-electron chi connectivity index (χ2n) is 6.86. The highest BCUT2D eigenvalue weighted by Gasteiger charge is 2.56. The summed E-state index contributed by atoms with van der Waals surface area (Å²) >= 11 is 0. The second-order valence-corrected chi connectivity index (χ2v) is 6.86. The van der Waals surface area contributed by atoms with E-state index in [4.69, 9.17) is 18.9 Å². The van der Waals surface area contributed by atoms with Gasteiger partial charge in [0.15, 0.2) is 0 Å². The summed E-state index contributed by atoms with van der Waals surface area (Å²) in [6.45, 7) is 8.87. The lowest BCUT2D eigenvalue weighted by Gasteiger charge is -2.46. The van der Waals surface area contributed by atoms with Crippen molar-refractivity contribution >= 4 is 23.9 Å². The normalized spacial score (nSPS) is 29.9. The van der Waals surface area contributed by atoms with E-state index in [2.05, 4.69) is 0 Å². The maximum absolute atomic E-state index is 11.9. The molecule has 1 aliphatic heterocycles. The molecule has 154 valence electrons. The van der Waals surface area contributed by atoms with Gasteiger partial charge in [0, 0.05) is 32.6 Å². The van der Waals surface area contributed by atoms with Crippen molar-refractivity contribution in [1.82, 2.24) is 0 Å². The van der Waals surface area contributed by atoms with Crippen molar-refractivity contribution in [3.8, 4) is 0 Å². The highest BCUT2D eigenvalue weighted by atomic mass is 16.7. The van der Waals surface area contributed by atoms with Gasteiger partial charge >= 0.3 is 29.7 Å². The van der Waals surface area contributed by atoms with Crippen LogP contribution in [0.15, 0.2) is 0 Å². The molecule has 9 heteroatoms. The molecule has 1 rings (SSSR count). The number of esters is 3. The van der Waals surface area contributed by atoms with Gasteiger partial charge in [0.1, 0.15) is 12.2 Å². The van der Waals surface area contributed by atoms with Gasteiger partial charge < -0.3 is 24.1 Å². The molecule has 6 atom stereocenters. The number of ether oxygens (including phenoxy) is 4. The average Bonchev–Trinajstić information content (AvgIpc) is 2.53. The fourth-order valence-corrected chi connectivity index (χ4v) is 3.45. The topological polar surface area (TPSA) is 125 Å². The molecule has 1 fully saturated rings. The molecule has 1 saturated heterocycles. The molecule has 0 saturated carbocycles. The van der Waals surface area contributed by atoms with Crippen LogP contribution in [0.2, 0.25) is 0 Å². The van der Waals surface area contributed by atoms with Gasteiger partial charge in [-0.05, 0) is 6.42 Å². The molecule has 0 radical (unpaired) electrons. The quantitative estimate of drug-likeness (QED) is 0.512. The Bertz CT molecular complexity index is 587. The highest BCUT2D eigenvalue weighted by molar-refractivity contribution is 5.80. The Labute approximate surface area is 158 Å². The smallest absolute Gasteiger partial charge is 0.377 e. The minimum atomic E-state index is -2.29. The van der Waals surface area contributed by atoms with Gasteiger partial charge in [0.05, 0.1) is 12.5 Å². The first-order valence-corrected chi connectivity index (χ1v) is 8.88. The monoisotopic (exact) mass is 388 g/mol. The Morgan fingerprint density at radius 2 is 1.74 bits per heavy atom. The van der Waals surface area contributed by atoms with Gasteiger partial charge in [0.25, 0.3) is 0 Å². The SMILES string of the molecule is CC[C@@H](OC(C)=O)[C@@H](C)C1O[C@](OC(C)=O)(C(=O)O)C[C@@H](OC(C)=O)[C@H]1C. The average molecular weight is 388 g/mol. The number of hydrogen-bond donors (Lipinski definition) is 1. The summed E-state index contributed by atoms with van der Waals surface area (Å²) in [6.07, 6.45) is -2.07. The Morgan fingerprint density at radius 1 is 1.15 bits per heavy atom. The third-order valence-electron chi connectivity index (χ3n) is 4.68. The Hall–Kier alpha value is -2.16. The lowest BCUT2D eigenvalue weighted by atomic mass is 9.80. The third-order valence-corrected chi connectivity index (χ3v) is 4.68. The Morgan fingerprint density at radius 3 is 2.15 bits per heavy atom. The van der Waals surface area contributed by atoms with Crippen LogP contribution in [0.25, 0.3) is 0 Å². The van der Waals surface area contributed by atoms with Crippen molar-refractivity contribution in [1.29, 1.82) is 0 Å². The molecule has 0 aromatic rings. The molecule has 0 aliphatic carbocycles. The van der Waals surface area contributed by atoms with E-state index in [9.17, 15) is 24.3 Å². The molecular weight excluding hydrogens is 360 g/mol. The first-order chi connectivity index (χ1) is 12.4. The van der Waals surface area contributed by atoms with Gasteiger partial charge in [-0.2, -0.15) is 0 Å². The van der Waals surface area contributed by atoms with Crippen LogP contribution in [0.1, 0.15) is 54.4 Å². The zero-order chi connectivity index (χ0) is 20.9. The fourth-order valence-electron chi connectivity index (χ4n) is 3.45. The van der Waals surface area contributed by atoms with Crippen LogP contribution >= 0.6 is 0 Å². The molecule has 27 heavy (non-hydrogen) atoms.